The lowest BCUT2D eigenvalue weighted by molar-refractivity contribution is -0.128. The van der Waals surface area contributed by atoms with Crippen LogP contribution in [0.5, 0.6) is 0 Å². The molecule has 0 fully saturated rings. The molecule has 1 aromatic heterocycles. The third-order valence-electron chi connectivity index (χ3n) is 2.18. The van der Waals surface area contributed by atoms with Crippen LogP contribution in [0.25, 0.3) is 0 Å². The van der Waals surface area contributed by atoms with Crippen LogP contribution in [0.15, 0.2) is 29.6 Å². The van der Waals surface area contributed by atoms with E-state index in [0.29, 0.717) is 6.54 Å². The van der Waals surface area contributed by atoms with Crippen LogP contribution in [0, 0.1) is 0 Å². The molecule has 2 heterocycles. The van der Waals surface area contributed by atoms with Gasteiger partial charge in [0.2, 0.25) is 5.91 Å². The minimum atomic E-state index is -0.00550. The molecule has 0 atom stereocenters. The zero-order valence-corrected chi connectivity index (χ0v) is 7.97. The molecule has 0 saturated carbocycles. The van der Waals surface area contributed by atoms with E-state index in [0.717, 1.165) is 17.7 Å². The highest BCUT2D eigenvalue weighted by atomic mass is 16.2. The van der Waals surface area contributed by atoms with Crippen molar-refractivity contribution in [3.8, 4) is 0 Å². The van der Waals surface area contributed by atoms with E-state index in [1.165, 1.54) is 11.9 Å². The zero-order chi connectivity index (χ0) is 9.97. The Morgan fingerprint density at radius 3 is 2.71 bits per heavy atom. The van der Waals surface area contributed by atoms with Gasteiger partial charge < -0.3 is 0 Å². The highest BCUT2D eigenvalue weighted by Crippen LogP contribution is 2.12. The van der Waals surface area contributed by atoms with E-state index in [2.05, 4.69) is 10.1 Å². The summed E-state index contributed by atoms with van der Waals surface area (Å²) in [6.07, 6.45) is 4.28. The summed E-state index contributed by atoms with van der Waals surface area (Å²) in [7, 11) is 0. The largest absolute Gasteiger partial charge is 0.273 e. The molecule has 1 aliphatic heterocycles. The second kappa shape index (κ2) is 3.57. The van der Waals surface area contributed by atoms with Gasteiger partial charge in [0.1, 0.15) is 0 Å². The Morgan fingerprint density at radius 1 is 1.43 bits per heavy atom. The summed E-state index contributed by atoms with van der Waals surface area (Å²) < 4.78 is 0. The van der Waals surface area contributed by atoms with Crippen LogP contribution in [0.2, 0.25) is 0 Å². The Labute approximate surface area is 82.3 Å². The lowest BCUT2D eigenvalue weighted by atomic mass is 10.1. The SMILES string of the molecule is CC(=O)N1CCC(c2ccncc2)=N1. The number of pyridine rings is 1. The van der Waals surface area contributed by atoms with Gasteiger partial charge in [0, 0.05) is 31.3 Å². The fourth-order valence-corrected chi connectivity index (χ4v) is 1.43. The van der Waals surface area contributed by atoms with Crippen molar-refractivity contribution < 1.29 is 4.79 Å². The van der Waals surface area contributed by atoms with Gasteiger partial charge in [-0.3, -0.25) is 9.78 Å². The number of hydrogen-bond donors (Lipinski definition) is 0. The van der Waals surface area contributed by atoms with Crippen LogP contribution in [0.1, 0.15) is 18.9 Å². The van der Waals surface area contributed by atoms with E-state index in [1.54, 1.807) is 12.4 Å². The standard InChI is InChI=1S/C10H11N3O/c1-8(14)13-7-4-10(12-13)9-2-5-11-6-3-9/h2-3,5-6H,4,7H2,1H3. The Balaban J connectivity index is 2.22. The van der Waals surface area contributed by atoms with Crippen LogP contribution in [-0.2, 0) is 4.79 Å². The summed E-state index contributed by atoms with van der Waals surface area (Å²) >= 11 is 0. The summed E-state index contributed by atoms with van der Waals surface area (Å²) in [5.41, 5.74) is 2.01. The average molecular weight is 189 g/mol. The van der Waals surface area contributed by atoms with Crippen molar-refractivity contribution >= 4 is 11.6 Å². The third-order valence-corrected chi connectivity index (χ3v) is 2.18. The van der Waals surface area contributed by atoms with Crippen molar-refractivity contribution in [3.05, 3.63) is 30.1 Å². The molecule has 0 radical (unpaired) electrons. The summed E-state index contributed by atoms with van der Waals surface area (Å²) in [5, 5.41) is 5.73. The number of carbonyl (C=O) groups excluding carboxylic acids is 1. The van der Waals surface area contributed by atoms with E-state index in [-0.39, 0.29) is 5.91 Å². The first-order valence-corrected chi connectivity index (χ1v) is 4.53. The monoisotopic (exact) mass is 189 g/mol. The highest BCUT2D eigenvalue weighted by molar-refractivity contribution is 6.02. The van der Waals surface area contributed by atoms with Gasteiger partial charge in [0.15, 0.2) is 0 Å². The second-order valence-electron chi connectivity index (χ2n) is 3.17. The van der Waals surface area contributed by atoms with E-state index in [4.69, 9.17) is 0 Å². The first-order valence-electron chi connectivity index (χ1n) is 4.53. The maximum Gasteiger partial charge on any atom is 0.239 e. The molecule has 4 nitrogen and oxygen atoms in total. The molecular formula is C10H11N3O. The van der Waals surface area contributed by atoms with Gasteiger partial charge in [-0.1, -0.05) is 0 Å². The number of carbonyl (C=O) groups is 1. The molecule has 0 unspecified atom stereocenters. The minimum Gasteiger partial charge on any atom is -0.273 e. The van der Waals surface area contributed by atoms with Crippen molar-refractivity contribution in [2.75, 3.05) is 6.54 Å². The van der Waals surface area contributed by atoms with Crippen LogP contribution in [-0.4, -0.2) is 28.2 Å². The molecule has 0 N–H and O–H groups in total. The summed E-state index contributed by atoms with van der Waals surface area (Å²) in [6, 6.07) is 3.81. The van der Waals surface area contributed by atoms with Crippen molar-refractivity contribution in [1.82, 2.24) is 9.99 Å². The number of rotatable bonds is 1. The van der Waals surface area contributed by atoms with Crippen molar-refractivity contribution in [1.29, 1.82) is 0 Å². The molecule has 4 heteroatoms. The van der Waals surface area contributed by atoms with Crippen LogP contribution in [0.4, 0.5) is 0 Å². The second-order valence-corrected chi connectivity index (χ2v) is 3.17. The minimum absolute atomic E-state index is 0.00550. The first-order chi connectivity index (χ1) is 6.77. The Bertz CT molecular complexity index is 372. The van der Waals surface area contributed by atoms with E-state index < -0.39 is 0 Å². The summed E-state index contributed by atoms with van der Waals surface area (Å²) in [5.74, 6) is -0.00550. The van der Waals surface area contributed by atoms with Crippen molar-refractivity contribution in [2.45, 2.75) is 13.3 Å². The Morgan fingerprint density at radius 2 is 2.14 bits per heavy atom. The van der Waals surface area contributed by atoms with E-state index in [9.17, 15) is 4.79 Å². The molecular weight excluding hydrogens is 178 g/mol. The molecule has 0 bridgehead atoms. The molecule has 2 rings (SSSR count). The molecule has 0 aliphatic carbocycles. The van der Waals surface area contributed by atoms with Gasteiger partial charge in [-0.05, 0) is 12.1 Å². The molecule has 14 heavy (non-hydrogen) atoms. The predicted molar refractivity (Wildman–Crippen MR) is 52.8 cm³/mol. The summed E-state index contributed by atoms with van der Waals surface area (Å²) in [6.45, 7) is 2.21. The smallest absolute Gasteiger partial charge is 0.239 e. The molecule has 0 saturated heterocycles. The normalized spacial score (nSPS) is 15.5. The number of amides is 1. The number of hydrazone groups is 1. The zero-order valence-electron chi connectivity index (χ0n) is 7.97. The average Bonchev–Trinajstić information content (AvgIpc) is 2.68. The molecule has 0 aromatic carbocycles. The van der Waals surface area contributed by atoms with Crippen LogP contribution in [0.3, 0.4) is 0 Å². The van der Waals surface area contributed by atoms with Gasteiger partial charge in [0.25, 0.3) is 0 Å². The van der Waals surface area contributed by atoms with E-state index in [1.807, 2.05) is 12.1 Å². The first kappa shape index (κ1) is 8.87. The highest BCUT2D eigenvalue weighted by Gasteiger charge is 2.18. The maximum atomic E-state index is 11.0. The van der Waals surface area contributed by atoms with Crippen LogP contribution >= 0.6 is 0 Å². The summed E-state index contributed by atoms with van der Waals surface area (Å²) in [4.78, 5) is 15.0. The molecule has 1 aromatic rings. The molecule has 0 spiro atoms. The van der Waals surface area contributed by atoms with Crippen molar-refractivity contribution in [3.63, 3.8) is 0 Å². The van der Waals surface area contributed by atoms with Gasteiger partial charge in [-0.15, -0.1) is 0 Å². The Kier molecular flexibility index (Phi) is 2.26. The fourth-order valence-electron chi connectivity index (χ4n) is 1.43. The van der Waals surface area contributed by atoms with Crippen LogP contribution < -0.4 is 0 Å². The van der Waals surface area contributed by atoms with Gasteiger partial charge >= 0.3 is 0 Å². The number of nitrogens with zero attached hydrogens (tertiary/aromatic N) is 3. The third kappa shape index (κ3) is 1.64. The van der Waals surface area contributed by atoms with Crippen molar-refractivity contribution in [2.24, 2.45) is 5.10 Å². The number of aromatic nitrogens is 1. The molecule has 1 aliphatic rings. The quantitative estimate of drug-likeness (QED) is 0.662. The van der Waals surface area contributed by atoms with Gasteiger partial charge in [-0.2, -0.15) is 5.10 Å². The lowest BCUT2D eigenvalue weighted by Crippen LogP contribution is -2.19. The molecule has 1 amide bonds. The predicted octanol–water partition coefficient (Wildman–Crippen LogP) is 1.04. The lowest BCUT2D eigenvalue weighted by Gasteiger charge is -2.05. The van der Waals surface area contributed by atoms with Gasteiger partial charge in [0.05, 0.1) is 12.3 Å². The van der Waals surface area contributed by atoms with Gasteiger partial charge in [-0.25, -0.2) is 5.01 Å². The molecule has 72 valence electrons. The maximum absolute atomic E-state index is 11.0. The van der Waals surface area contributed by atoms with E-state index >= 15 is 0 Å². The number of hydrogen-bond acceptors (Lipinski definition) is 3. The Hall–Kier alpha value is -1.71. The topological polar surface area (TPSA) is 45.6 Å². The fraction of sp³-hybridized carbons (Fsp3) is 0.300.